The van der Waals surface area contributed by atoms with Gasteiger partial charge in [-0.1, -0.05) is 25.0 Å². The summed E-state index contributed by atoms with van der Waals surface area (Å²) >= 11 is 0. The van der Waals surface area contributed by atoms with Gasteiger partial charge in [-0.25, -0.2) is 0 Å². The number of fused-ring (bicyclic) bond motifs is 2. The topological polar surface area (TPSA) is 91.8 Å². The van der Waals surface area contributed by atoms with E-state index in [1.807, 2.05) is 12.1 Å². The number of carbonyl (C=O) groups is 3. The van der Waals surface area contributed by atoms with Crippen LogP contribution in [0.5, 0.6) is 5.75 Å². The molecule has 3 amide bonds. The van der Waals surface area contributed by atoms with Gasteiger partial charge in [0.1, 0.15) is 17.9 Å². The summed E-state index contributed by atoms with van der Waals surface area (Å²) in [5.41, 5.74) is 5.08. The van der Waals surface area contributed by atoms with Crippen molar-refractivity contribution in [2.45, 2.75) is 76.1 Å². The molecule has 3 aliphatic heterocycles. The molecule has 7 rings (SSSR count). The highest BCUT2D eigenvalue weighted by Gasteiger charge is 2.39. The van der Waals surface area contributed by atoms with Gasteiger partial charge in [-0.3, -0.25) is 29.6 Å². The van der Waals surface area contributed by atoms with Crippen LogP contribution in [0.2, 0.25) is 0 Å². The van der Waals surface area contributed by atoms with E-state index in [-0.39, 0.29) is 24.3 Å². The van der Waals surface area contributed by atoms with Gasteiger partial charge in [-0.15, -0.1) is 0 Å². The Kier molecular flexibility index (Phi) is 6.50. The third-order valence-electron chi connectivity index (χ3n) is 8.98. The first-order chi connectivity index (χ1) is 19.5. The van der Waals surface area contributed by atoms with Gasteiger partial charge in [-0.05, 0) is 73.2 Å². The highest BCUT2D eigenvalue weighted by Crippen LogP contribution is 2.34. The second-order valence-corrected chi connectivity index (χ2v) is 11.7. The maximum Gasteiger partial charge on any atom is 0.255 e. The van der Waals surface area contributed by atoms with E-state index in [0.29, 0.717) is 24.4 Å². The molecule has 0 bridgehead atoms. The summed E-state index contributed by atoms with van der Waals surface area (Å²) in [6.07, 6.45) is 6.80. The highest BCUT2D eigenvalue weighted by atomic mass is 16.5. The molecule has 8 nitrogen and oxygen atoms in total. The Balaban J connectivity index is 0.965. The lowest BCUT2D eigenvalue weighted by molar-refractivity contribution is -0.136. The molecule has 2 unspecified atom stereocenters. The summed E-state index contributed by atoms with van der Waals surface area (Å²) in [5.74, 6) is 0.539. The number of rotatable bonds is 6. The lowest BCUT2D eigenvalue weighted by Crippen LogP contribution is -2.52. The van der Waals surface area contributed by atoms with Gasteiger partial charge in [0.05, 0.1) is 5.52 Å². The summed E-state index contributed by atoms with van der Waals surface area (Å²) in [6.45, 7) is 3.04. The Morgan fingerprint density at radius 3 is 2.67 bits per heavy atom. The second-order valence-electron chi connectivity index (χ2n) is 11.7. The molecule has 1 N–H and O–H groups in total. The number of piperidine rings is 1. The van der Waals surface area contributed by atoms with Crippen LogP contribution < -0.4 is 10.1 Å². The number of likely N-dealkylation sites (tertiary alicyclic amines) is 1. The predicted octanol–water partition coefficient (Wildman–Crippen LogP) is 4.31. The number of hydrogen-bond acceptors (Lipinski definition) is 6. The predicted molar refractivity (Wildman–Crippen MR) is 150 cm³/mol. The highest BCUT2D eigenvalue weighted by molar-refractivity contribution is 6.05. The molecule has 2 aromatic carbocycles. The van der Waals surface area contributed by atoms with Crippen molar-refractivity contribution in [1.82, 2.24) is 20.1 Å². The third-order valence-corrected chi connectivity index (χ3v) is 8.98. The quantitative estimate of drug-likeness (QED) is 0.471. The lowest BCUT2D eigenvalue weighted by Gasteiger charge is -2.29. The summed E-state index contributed by atoms with van der Waals surface area (Å²) in [5, 5.41) is 3.55. The number of benzene rings is 2. The number of imide groups is 1. The van der Waals surface area contributed by atoms with Crippen molar-refractivity contribution < 1.29 is 19.1 Å². The van der Waals surface area contributed by atoms with Crippen LogP contribution in [0.4, 0.5) is 0 Å². The molecule has 2 saturated heterocycles. The lowest BCUT2D eigenvalue weighted by atomic mass is 10.0. The first-order valence-electron chi connectivity index (χ1n) is 14.6. The van der Waals surface area contributed by atoms with Crippen LogP contribution in [-0.4, -0.2) is 57.7 Å². The average Bonchev–Trinajstić information content (AvgIpc) is 3.70. The SMILES string of the molecule is O=C1CCC(N2Cc3cc(OC4CCN(Cc5ccc6nc(C7CCCC7)ccc6c5)C4)ccc3C2=O)C(=O)N1. The van der Waals surface area contributed by atoms with Crippen LogP contribution in [0.25, 0.3) is 10.9 Å². The first-order valence-corrected chi connectivity index (χ1v) is 14.6. The minimum atomic E-state index is -0.606. The molecule has 1 saturated carbocycles. The number of hydrogen-bond donors (Lipinski definition) is 1. The minimum Gasteiger partial charge on any atom is -0.489 e. The molecule has 0 radical (unpaired) electrons. The van der Waals surface area contributed by atoms with Crippen molar-refractivity contribution in [2.24, 2.45) is 0 Å². The Morgan fingerprint density at radius 2 is 1.82 bits per heavy atom. The zero-order valence-electron chi connectivity index (χ0n) is 22.6. The second kappa shape index (κ2) is 10.3. The maximum atomic E-state index is 13.0. The Morgan fingerprint density at radius 1 is 0.950 bits per heavy atom. The van der Waals surface area contributed by atoms with Crippen LogP contribution >= 0.6 is 0 Å². The first kappa shape index (κ1) is 25.2. The van der Waals surface area contributed by atoms with E-state index in [4.69, 9.17) is 9.72 Å². The number of nitrogens with zero attached hydrogens (tertiary/aromatic N) is 3. The largest absolute Gasteiger partial charge is 0.489 e. The molecule has 0 spiro atoms. The van der Waals surface area contributed by atoms with E-state index >= 15 is 0 Å². The van der Waals surface area contributed by atoms with Gasteiger partial charge in [0, 0.05) is 55.2 Å². The summed E-state index contributed by atoms with van der Waals surface area (Å²) in [7, 11) is 0. The number of pyridine rings is 1. The third kappa shape index (κ3) is 4.85. The fraction of sp³-hybridized carbons (Fsp3) is 0.438. The Labute approximate surface area is 233 Å². The molecule has 4 heterocycles. The van der Waals surface area contributed by atoms with Crippen molar-refractivity contribution in [3.63, 3.8) is 0 Å². The molecule has 3 aromatic rings. The molecule has 40 heavy (non-hydrogen) atoms. The minimum absolute atomic E-state index is 0.0810. The summed E-state index contributed by atoms with van der Waals surface area (Å²) in [4.78, 5) is 45.8. The molecule has 2 atom stereocenters. The van der Waals surface area contributed by atoms with Crippen LogP contribution in [0, 0.1) is 0 Å². The van der Waals surface area contributed by atoms with Crippen LogP contribution in [-0.2, 0) is 22.7 Å². The standard InChI is InChI=1S/C32H34N4O4/c37-30-12-11-29(31(38)34-30)36-18-23-16-24(7-8-26(23)32(36)39)40-25-13-14-35(19-25)17-20-5-9-28-22(15-20)6-10-27(33-28)21-3-1-2-4-21/h5-10,15-16,21,25,29H,1-4,11-14,17-19H2,(H,34,37,38). The molecule has 4 aliphatic rings. The van der Waals surface area contributed by atoms with Crippen molar-refractivity contribution in [3.8, 4) is 5.75 Å². The van der Waals surface area contributed by atoms with E-state index in [1.54, 1.807) is 11.0 Å². The van der Waals surface area contributed by atoms with E-state index < -0.39 is 11.9 Å². The molecule has 1 aliphatic carbocycles. The number of ether oxygens (including phenoxy) is 1. The molecular weight excluding hydrogens is 504 g/mol. The van der Waals surface area contributed by atoms with Crippen molar-refractivity contribution >= 4 is 28.6 Å². The van der Waals surface area contributed by atoms with Crippen LogP contribution in [0.1, 0.15) is 78.0 Å². The molecule has 206 valence electrons. The van der Waals surface area contributed by atoms with E-state index in [2.05, 4.69) is 40.5 Å². The van der Waals surface area contributed by atoms with Gasteiger partial charge in [0.15, 0.2) is 0 Å². The van der Waals surface area contributed by atoms with Crippen LogP contribution in [0.3, 0.4) is 0 Å². The van der Waals surface area contributed by atoms with Gasteiger partial charge >= 0.3 is 0 Å². The van der Waals surface area contributed by atoms with E-state index in [1.165, 1.54) is 42.3 Å². The number of carbonyl (C=O) groups excluding carboxylic acids is 3. The average molecular weight is 539 g/mol. The number of nitrogens with one attached hydrogen (secondary N) is 1. The van der Waals surface area contributed by atoms with Gasteiger partial charge < -0.3 is 9.64 Å². The monoisotopic (exact) mass is 538 g/mol. The van der Waals surface area contributed by atoms with Crippen molar-refractivity contribution in [3.05, 3.63) is 70.9 Å². The van der Waals surface area contributed by atoms with Gasteiger partial charge in [0.2, 0.25) is 11.8 Å². The summed E-state index contributed by atoms with van der Waals surface area (Å²) in [6, 6.07) is 16.1. The van der Waals surface area contributed by atoms with Crippen molar-refractivity contribution in [1.29, 1.82) is 0 Å². The van der Waals surface area contributed by atoms with Crippen molar-refractivity contribution in [2.75, 3.05) is 13.1 Å². The fourth-order valence-electron chi connectivity index (χ4n) is 6.85. The normalized spacial score (nSPS) is 23.7. The molecule has 3 fully saturated rings. The maximum absolute atomic E-state index is 13.0. The van der Waals surface area contributed by atoms with Crippen LogP contribution in [0.15, 0.2) is 48.5 Å². The smallest absolute Gasteiger partial charge is 0.255 e. The van der Waals surface area contributed by atoms with E-state index in [9.17, 15) is 14.4 Å². The fourth-order valence-corrected chi connectivity index (χ4v) is 6.85. The zero-order chi connectivity index (χ0) is 27.2. The molecular formula is C32H34N4O4. The Bertz CT molecular complexity index is 1500. The number of aromatic nitrogens is 1. The van der Waals surface area contributed by atoms with E-state index in [0.717, 1.165) is 42.9 Å². The molecule has 8 heteroatoms. The zero-order valence-corrected chi connectivity index (χ0v) is 22.6. The van der Waals surface area contributed by atoms with Gasteiger partial charge in [0.25, 0.3) is 5.91 Å². The summed E-state index contributed by atoms with van der Waals surface area (Å²) < 4.78 is 6.35. The Hall–Kier alpha value is -3.78. The molecule has 1 aromatic heterocycles. The van der Waals surface area contributed by atoms with Gasteiger partial charge in [-0.2, -0.15) is 0 Å². The number of amides is 3.